The Hall–Kier alpha value is -3.45. The molecule has 1 fully saturated rings. The van der Waals surface area contributed by atoms with Crippen molar-refractivity contribution in [2.75, 3.05) is 16.8 Å². The molecule has 156 valence electrons. The van der Waals surface area contributed by atoms with Gasteiger partial charge >= 0.3 is 5.97 Å². The highest BCUT2D eigenvalue weighted by Crippen LogP contribution is 2.29. The van der Waals surface area contributed by atoms with Gasteiger partial charge in [0.05, 0.1) is 17.2 Å². The number of amides is 2. The van der Waals surface area contributed by atoms with E-state index in [1.807, 2.05) is 30.3 Å². The molecule has 0 saturated carbocycles. The molecule has 4 rings (SSSR count). The molecule has 0 unspecified atom stereocenters. The number of anilines is 2. The van der Waals surface area contributed by atoms with Crippen molar-refractivity contribution < 1.29 is 19.1 Å². The first-order chi connectivity index (χ1) is 15.0. The lowest BCUT2D eigenvalue weighted by molar-refractivity contribution is -0.122. The van der Waals surface area contributed by atoms with Gasteiger partial charge in [-0.1, -0.05) is 46.3 Å². The molecule has 0 radical (unpaired) electrons. The van der Waals surface area contributed by atoms with Crippen LogP contribution in [-0.2, 0) is 9.59 Å². The third kappa shape index (κ3) is 4.83. The molecule has 6 nitrogen and oxygen atoms in total. The van der Waals surface area contributed by atoms with Crippen molar-refractivity contribution in [1.82, 2.24) is 0 Å². The molecule has 1 aliphatic heterocycles. The summed E-state index contributed by atoms with van der Waals surface area (Å²) in [7, 11) is 0. The van der Waals surface area contributed by atoms with E-state index < -0.39 is 11.9 Å². The predicted octanol–water partition coefficient (Wildman–Crippen LogP) is 4.66. The molecule has 31 heavy (non-hydrogen) atoms. The van der Waals surface area contributed by atoms with E-state index in [4.69, 9.17) is 4.74 Å². The lowest BCUT2D eigenvalue weighted by Gasteiger charge is -2.17. The van der Waals surface area contributed by atoms with Crippen LogP contribution in [0, 0.1) is 5.92 Å². The SMILES string of the molecule is O=C(Oc1ccccc1NC(=O)[C@@H]1CC(=O)N(c2ccccc2)C1)c1ccc(Br)cc1. The molecule has 2 amide bonds. The van der Waals surface area contributed by atoms with Crippen molar-refractivity contribution in [3.8, 4) is 5.75 Å². The molecular weight excluding hydrogens is 460 g/mol. The van der Waals surface area contributed by atoms with Crippen LogP contribution in [0.2, 0.25) is 0 Å². The molecule has 3 aromatic carbocycles. The number of carbonyl (C=O) groups excluding carboxylic acids is 3. The standard InChI is InChI=1S/C24H19BrN2O4/c25-18-12-10-16(11-13-18)24(30)31-21-9-5-4-8-20(21)26-23(29)17-14-22(28)27(15-17)19-6-2-1-3-7-19/h1-13,17H,14-15H2,(H,26,29)/t17-/m1/s1. The zero-order chi connectivity index (χ0) is 21.8. The maximum absolute atomic E-state index is 12.8. The third-order valence-electron chi connectivity index (χ3n) is 4.99. The second-order valence-corrected chi connectivity index (χ2v) is 8.04. The lowest BCUT2D eigenvalue weighted by Crippen LogP contribution is -2.28. The number of para-hydroxylation sites is 3. The van der Waals surface area contributed by atoms with Crippen LogP contribution in [0.4, 0.5) is 11.4 Å². The van der Waals surface area contributed by atoms with E-state index in [1.54, 1.807) is 53.4 Å². The van der Waals surface area contributed by atoms with E-state index in [0.29, 0.717) is 17.8 Å². The first-order valence-electron chi connectivity index (χ1n) is 9.74. The monoisotopic (exact) mass is 478 g/mol. The number of rotatable bonds is 5. The number of nitrogens with zero attached hydrogens (tertiary/aromatic N) is 1. The summed E-state index contributed by atoms with van der Waals surface area (Å²) in [5.41, 5.74) is 1.54. The predicted molar refractivity (Wildman–Crippen MR) is 121 cm³/mol. The highest BCUT2D eigenvalue weighted by atomic mass is 79.9. The summed E-state index contributed by atoms with van der Waals surface area (Å²) in [5, 5.41) is 2.81. The molecule has 3 aromatic rings. The van der Waals surface area contributed by atoms with E-state index in [0.717, 1.165) is 10.2 Å². The summed E-state index contributed by atoms with van der Waals surface area (Å²) >= 11 is 3.33. The highest BCUT2D eigenvalue weighted by molar-refractivity contribution is 9.10. The van der Waals surface area contributed by atoms with Crippen molar-refractivity contribution in [3.05, 3.63) is 88.9 Å². The van der Waals surface area contributed by atoms with Gasteiger partial charge in [-0.25, -0.2) is 4.79 Å². The van der Waals surface area contributed by atoms with Gasteiger partial charge in [0.15, 0.2) is 5.75 Å². The Morgan fingerprint density at radius 2 is 1.61 bits per heavy atom. The van der Waals surface area contributed by atoms with Gasteiger partial charge < -0.3 is 15.0 Å². The van der Waals surface area contributed by atoms with Gasteiger partial charge in [-0.05, 0) is 48.5 Å². The summed E-state index contributed by atoms with van der Waals surface area (Å²) in [4.78, 5) is 39.3. The van der Waals surface area contributed by atoms with Crippen LogP contribution < -0.4 is 15.0 Å². The van der Waals surface area contributed by atoms with E-state index in [-0.39, 0.29) is 24.0 Å². The average molecular weight is 479 g/mol. The number of carbonyl (C=O) groups is 3. The number of nitrogens with one attached hydrogen (secondary N) is 1. The van der Waals surface area contributed by atoms with E-state index in [2.05, 4.69) is 21.2 Å². The molecule has 0 aromatic heterocycles. The Balaban J connectivity index is 1.45. The second-order valence-electron chi connectivity index (χ2n) is 7.12. The Morgan fingerprint density at radius 1 is 0.935 bits per heavy atom. The minimum atomic E-state index is -0.527. The molecule has 0 bridgehead atoms. The number of halogens is 1. The van der Waals surface area contributed by atoms with E-state index in [1.165, 1.54) is 0 Å². The minimum absolute atomic E-state index is 0.0960. The molecule has 1 saturated heterocycles. The Kier molecular flexibility index (Phi) is 6.13. The maximum atomic E-state index is 12.8. The van der Waals surface area contributed by atoms with Crippen LogP contribution >= 0.6 is 15.9 Å². The zero-order valence-electron chi connectivity index (χ0n) is 16.5. The van der Waals surface area contributed by atoms with Crippen molar-refractivity contribution in [2.24, 2.45) is 5.92 Å². The molecule has 7 heteroatoms. The summed E-state index contributed by atoms with van der Waals surface area (Å²) in [6.07, 6.45) is 0.127. The fraction of sp³-hybridized carbons (Fsp3) is 0.125. The van der Waals surface area contributed by atoms with Crippen LogP contribution in [0.25, 0.3) is 0 Å². The van der Waals surface area contributed by atoms with Gasteiger partial charge in [0.1, 0.15) is 0 Å². The summed E-state index contributed by atoms with van der Waals surface area (Å²) < 4.78 is 6.35. The fourth-order valence-corrected chi connectivity index (χ4v) is 3.64. The molecular formula is C24H19BrN2O4. The molecule has 1 atom stereocenters. The van der Waals surface area contributed by atoms with Gasteiger partial charge in [-0.3, -0.25) is 9.59 Å². The van der Waals surface area contributed by atoms with Gasteiger partial charge in [0.2, 0.25) is 11.8 Å². The topological polar surface area (TPSA) is 75.7 Å². The van der Waals surface area contributed by atoms with Gasteiger partial charge in [0, 0.05) is 23.1 Å². The lowest BCUT2D eigenvalue weighted by atomic mass is 10.1. The van der Waals surface area contributed by atoms with Gasteiger partial charge in [-0.15, -0.1) is 0 Å². The summed E-state index contributed by atoms with van der Waals surface area (Å²) in [6.45, 7) is 0.301. The highest BCUT2D eigenvalue weighted by Gasteiger charge is 2.35. The number of ether oxygens (including phenoxy) is 1. The Morgan fingerprint density at radius 3 is 2.35 bits per heavy atom. The van der Waals surface area contributed by atoms with E-state index >= 15 is 0 Å². The van der Waals surface area contributed by atoms with Crippen molar-refractivity contribution in [2.45, 2.75) is 6.42 Å². The van der Waals surface area contributed by atoms with E-state index in [9.17, 15) is 14.4 Å². The largest absolute Gasteiger partial charge is 0.421 e. The smallest absolute Gasteiger partial charge is 0.343 e. The molecule has 1 heterocycles. The van der Waals surface area contributed by atoms with Crippen LogP contribution in [0.1, 0.15) is 16.8 Å². The van der Waals surface area contributed by atoms with Crippen molar-refractivity contribution in [3.63, 3.8) is 0 Å². The molecule has 0 aliphatic carbocycles. The number of hydrogen-bond donors (Lipinski definition) is 1. The minimum Gasteiger partial charge on any atom is -0.421 e. The van der Waals surface area contributed by atoms with Crippen molar-refractivity contribution in [1.29, 1.82) is 0 Å². The Bertz CT molecular complexity index is 1120. The Labute approximate surface area is 188 Å². The quantitative estimate of drug-likeness (QED) is 0.427. The van der Waals surface area contributed by atoms with Crippen LogP contribution in [-0.4, -0.2) is 24.3 Å². The maximum Gasteiger partial charge on any atom is 0.343 e. The first kappa shape index (κ1) is 20.8. The normalized spacial score (nSPS) is 15.6. The third-order valence-corrected chi connectivity index (χ3v) is 5.52. The number of hydrogen-bond acceptors (Lipinski definition) is 4. The van der Waals surface area contributed by atoms with Gasteiger partial charge in [-0.2, -0.15) is 0 Å². The average Bonchev–Trinajstić information content (AvgIpc) is 3.18. The molecule has 1 N–H and O–H groups in total. The summed E-state index contributed by atoms with van der Waals surface area (Å²) in [6, 6.07) is 22.8. The van der Waals surface area contributed by atoms with Crippen LogP contribution in [0.15, 0.2) is 83.3 Å². The van der Waals surface area contributed by atoms with Crippen LogP contribution in [0.3, 0.4) is 0 Å². The van der Waals surface area contributed by atoms with Crippen LogP contribution in [0.5, 0.6) is 5.75 Å². The molecule has 0 spiro atoms. The second kappa shape index (κ2) is 9.14. The van der Waals surface area contributed by atoms with Gasteiger partial charge in [0.25, 0.3) is 0 Å². The fourth-order valence-electron chi connectivity index (χ4n) is 3.38. The first-order valence-corrected chi connectivity index (χ1v) is 10.5. The van der Waals surface area contributed by atoms with Crippen molar-refractivity contribution >= 4 is 45.1 Å². The summed E-state index contributed by atoms with van der Waals surface area (Å²) in [5.74, 6) is -1.17. The zero-order valence-corrected chi connectivity index (χ0v) is 18.0. The molecule has 1 aliphatic rings. The number of esters is 1. The number of benzene rings is 3.